The van der Waals surface area contributed by atoms with Gasteiger partial charge >= 0.3 is 0 Å². The van der Waals surface area contributed by atoms with Crippen molar-refractivity contribution in [1.29, 1.82) is 0 Å². The second-order valence-corrected chi connectivity index (χ2v) is 7.79. The van der Waals surface area contributed by atoms with Crippen molar-refractivity contribution in [2.75, 3.05) is 0 Å². The van der Waals surface area contributed by atoms with E-state index in [0.717, 1.165) is 41.1 Å². The van der Waals surface area contributed by atoms with Crippen molar-refractivity contribution in [3.63, 3.8) is 0 Å². The Morgan fingerprint density at radius 3 is 2.73 bits per heavy atom. The van der Waals surface area contributed by atoms with Crippen LogP contribution in [-0.2, 0) is 17.6 Å². The molecule has 0 radical (unpaired) electrons. The number of benzene rings is 1. The van der Waals surface area contributed by atoms with Gasteiger partial charge in [-0.25, -0.2) is 4.98 Å². The minimum absolute atomic E-state index is 0.0268. The summed E-state index contributed by atoms with van der Waals surface area (Å²) in [6.07, 6.45) is 6.09. The lowest BCUT2D eigenvalue weighted by molar-refractivity contribution is -0.126. The molecule has 26 heavy (non-hydrogen) atoms. The lowest BCUT2D eigenvalue weighted by Crippen LogP contribution is -2.35. The Labute approximate surface area is 157 Å². The summed E-state index contributed by atoms with van der Waals surface area (Å²) in [4.78, 5) is 22.8. The fourth-order valence-electron chi connectivity index (χ4n) is 3.37. The largest absolute Gasteiger partial charge is 0.349 e. The van der Waals surface area contributed by atoms with E-state index >= 15 is 0 Å². The topological polar surface area (TPSA) is 54.9 Å². The normalized spacial score (nSPS) is 17.3. The highest BCUT2D eigenvalue weighted by molar-refractivity contribution is 7.15. The van der Waals surface area contributed by atoms with Gasteiger partial charge in [-0.1, -0.05) is 30.3 Å². The van der Waals surface area contributed by atoms with Crippen LogP contribution in [0.3, 0.4) is 0 Å². The zero-order valence-electron chi connectivity index (χ0n) is 14.7. The van der Waals surface area contributed by atoms with Gasteiger partial charge in [-0.05, 0) is 43.9 Å². The number of hydrogen-bond acceptors (Lipinski definition) is 4. The highest BCUT2D eigenvalue weighted by Gasteiger charge is 2.28. The van der Waals surface area contributed by atoms with Crippen molar-refractivity contribution in [3.8, 4) is 10.6 Å². The molecule has 0 fully saturated rings. The standard InChI is InChI=1S/C21H21N3OS/c1-14(15-5-3-2-4-6-15)23-20(25)17-7-8-18-19(13-17)26-21(24-18)16-9-11-22-12-10-16/h2-6,9-12,14,17H,7-8,13H2,1H3,(H,23,25). The summed E-state index contributed by atoms with van der Waals surface area (Å²) < 4.78 is 0. The van der Waals surface area contributed by atoms with Crippen molar-refractivity contribution in [1.82, 2.24) is 15.3 Å². The van der Waals surface area contributed by atoms with Crippen LogP contribution in [0.1, 0.15) is 35.5 Å². The van der Waals surface area contributed by atoms with Crippen molar-refractivity contribution in [2.24, 2.45) is 5.92 Å². The van der Waals surface area contributed by atoms with Gasteiger partial charge in [0.05, 0.1) is 11.7 Å². The quantitative estimate of drug-likeness (QED) is 0.756. The molecule has 0 spiro atoms. The molecule has 0 aliphatic heterocycles. The van der Waals surface area contributed by atoms with E-state index in [1.165, 1.54) is 4.88 Å². The number of rotatable bonds is 4. The average Bonchev–Trinajstić information content (AvgIpc) is 3.12. The molecule has 1 aliphatic rings. The van der Waals surface area contributed by atoms with Crippen LogP contribution in [0.25, 0.3) is 10.6 Å². The first-order valence-corrected chi connectivity index (χ1v) is 9.76. The highest BCUT2D eigenvalue weighted by atomic mass is 32.1. The van der Waals surface area contributed by atoms with Gasteiger partial charge in [0.1, 0.15) is 5.01 Å². The van der Waals surface area contributed by atoms with Crippen LogP contribution in [0.4, 0.5) is 0 Å². The Morgan fingerprint density at radius 1 is 1.19 bits per heavy atom. The predicted molar refractivity (Wildman–Crippen MR) is 104 cm³/mol. The Hall–Kier alpha value is -2.53. The number of pyridine rings is 1. The van der Waals surface area contributed by atoms with Gasteiger partial charge in [0.2, 0.25) is 5.91 Å². The van der Waals surface area contributed by atoms with E-state index in [1.54, 1.807) is 23.7 Å². The van der Waals surface area contributed by atoms with Gasteiger partial charge in [0.15, 0.2) is 0 Å². The molecule has 0 bridgehead atoms. The third-order valence-electron chi connectivity index (χ3n) is 4.90. The molecule has 1 aromatic carbocycles. The molecule has 1 aliphatic carbocycles. The van der Waals surface area contributed by atoms with Gasteiger partial charge in [-0.3, -0.25) is 9.78 Å². The van der Waals surface area contributed by atoms with Crippen molar-refractivity contribution in [3.05, 3.63) is 71.0 Å². The van der Waals surface area contributed by atoms with Crippen LogP contribution in [-0.4, -0.2) is 15.9 Å². The maximum absolute atomic E-state index is 12.7. The Bertz CT molecular complexity index is 892. The molecule has 4 nitrogen and oxygen atoms in total. The van der Waals surface area contributed by atoms with Crippen molar-refractivity contribution in [2.45, 2.75) is 32.2 Å². The van der Waals surface area contributed by atoms with E-state index in [9.17, 15) is 4.79 Å². The number of fused-ring (bicyclic) bond motifs is 1. The molecule has 0 saturated carbocycles. The van der Waals surface area contributed by atoms with E-state index in [4.69, 9.17) is 4.98 Å². The van der Waals surface area contributed by atoms with Crippen LogP contribution in [0.5, 0.6) is 0 Å². The van der Waals surface area contributed by atoms with Crippen LogP contribution < -0.4 is 5.32 Å². The molecule has 2 unspecified atom stereocenters. The van der Waals surface area contributed by atoms with Gasteiger partial charge in [-0.15, -0.1) is 11.3 Å². The number of thiazole rings is 1. The van der Waals surface area contributed by atoms with E-state index in [1.807, 2.05) is 49.4 Å². The average molecular weight is 363 g/mol. The molecule has 2 heterocycles. The van der Waals surface area contributed by atoms with Gasteiger partial charge in [0, 0.05) is 28.8 Å². The molecule has 1 N–H and O–H groups in total. The number of hydrogen-bond donors (Lipinski definition) is 1. The Morgan fingerprint density at radius 2 is 1.96 bits per heavy atom. The zero-order chi connectivity index (χ0) is 17.9. The first kappa shape index (κ1) is 16.9. The van der Waals surface area contributed by atoms with Gasteiger partial charge in [0.25, 0.3) is 0 Å². The van der Waals surface area contributed by atoms with E-state index in [0.29, 0.717) is 0 Å². The summed E-state index contributed by atoms with van der Waals surface area (Å²) in [5.41, 5.74) is 3.38. The molecule has 0 saturated heterocycles. The number of nitrogens with one attached hydrogen (secondary N) is 1. The Kier molecular flexibility index (Phi) is 4.80. The fraction of sp³-hybridized carbons (Fsp3) is 0.286. The summed E-state index contributed by atoms with van der Waals surface area (Å²) in [7, 11) is 0. The number of amides is 1. The molecule has 4 rings (SSSR count). The first-order valence-electron chi connectivity index (χ1n) is 8.95. The van der Waals surface area contributed by atoms with Crippen LogP contribution in [0.15, 0.2) is 54.9 Å². The molecule has 3 aromatic rings. The Balaban J connectivity index is 1.45. The molecule has 132 valence electrons. The molecule has 5 heteroatoms. The van der Waals surface area contributed by atoms with Crippen LogP contribution in [0, 0.1) is 5.92 Å². The lowest BCUT2D eigenvalue weighted by atomic mass is 9.90. The molecule has 2 aromatic heterocycles. The minimum atomic E-state index is 0.0268. The maximum atomic E-state index is 12.7. The first-order chi connectivity index (χ1) is 12.7. The number of aromatic nitrogens is 2. The maximum Gasteiger partial charge on any atom is 0.223 e. The highest BCUT2D eigenvalue weighted by Crippen LogP contribution is 2.34. The smallest absolute Gasteiger partial charge is 0.223 e. The van der Waals surface area contributed by atoms with Crippen molar-refractivity contribution < 1.29 is 4.79 Å². The number of nitrogens with zero attached hydrogens (tertiary/aromatic N) is 2. The van der Waals surface area contributed by atoms with E-state index in [2.05, 4.69) is 10.3 Å². The number of carbonyl (C=O) groups is 1. The molecular weight excluding hydrogens is 342 g/mol. The molecular formula is C21H21N3OS. The summed E-state index contributed by atoms with van der Waals surface area (Å²) >= 11 is 1.71. The third kappa shape index (κ3) is 3.53. The molecule has 1 amide bonds. The monoisotopic (exact) mass is 363 g/mol. The fourth-order valence-corrected chi connectivity index (χ4v) is 4.57. The van der Waals surface area contributed by atoms with E-state index < -0.39 is 0 Å². The summed E-state index contributed by atoms with van der Waals surface area (Å²) in [6.45, 7) is 2.04. The van der Waals surface area contributed by atoms with Gasteiger partial charge < -0.3 is 5.32 Å². The molecule has 2 atom stereocenters. The SMILES string of the molecule is CC(NC(=O)C1CCc2nc(-c3ccncc3)sc2C1)c1ccccc1. The summed E-state index contributed by atoms with van der Waals surface area (Å²) in [5, 5.41) is 4.20. The van der Waals surface area contributed by atoms with Crippen LogP contribution in [0.2, 0.25) is 0 Å². The number of carbonyl (C=O) groups excluding carboxylic acids is 1. The minimum Gasteiger partial charge on any atom is -0.349 e. The lowest BCUT2D eigenvalue weighted by Gasteiger charge is -2.23. The predicted octanol–water partition coefficient (Wildman–Crippen LogP) is 4.19. The number of aryl methyl sites for hydroxylation is 1. The van der Waals surface area contributed by atoms with E-state index in [-0.39, 0.29) is 17.9 Å². The third-order valence-corrected chi connectivity index (χ3v) is 6.07. The van der Waals surface area contributed by atoms with Crippen molar-refractivity contribution >= 4 is 17.2 Å². The second-order valence-electron chi connectivity index (χ2n) is 6.71. The summed E-state index contributed by atoms with van der Waals surface area (Å²) in [5.74, 6) is 0.172. The second kappa shape index (κ2) is 7.38. The summed E-state index contributed by atoms with van der Waals surface area (Å²) in [6, 6.07) is 14.1. The van der Waals surface area contributed by atoms with Gasteiger partial charge in [-0.2, -0.15) is 0 Å². The zero-order valence-corrected chi connectivity index (χ0v) is 15.5. The van der Waals surface area contributed by atoms with Crippen LogP contribution >= 0.6 is 11.3 Å².